The van der Waals surface area contributed by atoms with E-state index in [1.165, 1.54) is 30.2 Å². The number of nitrogens with zero attached hydrogens (tertiary/aromatic N) is 10. The van der Waals surface area contributed by atoms with E-state index in [-0.39, 0.29) is 24.6 Å². The number of aryl methyl sites for hydroxylation is 1. The van der Waals surface area contributed by atoms with E-state index in [0.29, 0.717) is 32.2 Å². The van der Waals surface area contributed by atoms with Crippen LogP contribution in [0.4, 0.5) is 17.5 Å². The van der Waals surface area contributed by atoms with Gasteiger partial charge in [0.05, 0.1) is 48.2 Å². The Labute approximate surface area is 283 Å². The number of carbonyl (C=O) groups is 1. The van der Waals surface area contributed by atoms with E-state index in [1.807, 2.05) is 6.20 Å². The number of hydrogen-bond donors (Lipinski definition) is 0. The second-order valence-corrected chi connectivity index (χ2v) is 13.9. The van der Waals surface area contributed by atoms with Gasteiger partial charge in [0, 0.05) is 63.4 Å². The van der Waals surface area contributed by atoms with Crippen molar-refractivity contribution in [3.05, 3.63) is 47.8 Å². The predicted molar refractivity (Wildman–Crippen MR) is 187 cm³/mol. The monoisotopic (exact) mass is 652 g/mol. The summed E-state index contributed by atoms with van der Waals surface area (Å²) in [5, 5.41) is 15.6. The molecule has 12 nitrogen and oxygen atoms in total. The summed E-state index contributed by atoms with van der Waals surface area (Å²) in [6.07, 6.45) is 10.0. The SMILES string of the molecule is C=CC(=O)N1CCN(c2nc(N(C)C[C@@H]3CCCN3C)nc3c2CCN(c2c(C)ccc4c2cnn4C2CCCCO2)C3)C[C@@H]1CC#N. The normalized spacial score (nSPS) is 23.3. The Morgan fingerprint density at radius 1 is 1.12 bits per heavy atom. The molecular formula is C36H48N10O2. The maximum atomic E-state index is 12.7. The lowest BCUT2D eigenvalue weighted by Crippen LogP contribution is -2.55. The molecular weight excluding hydrogens is 604 g/mol. The number of benzene rings is 1. The molecule has 0 radical (unpaired) electrons. The molecule has 0 aliphatic carbocycles. The standard InChI is InChI=1S/C36H48N10O2/c1-5-32(47)45-19-18-44(23-27(45)13-15-37)35-28-14-17-43(24-30(28)39-36(40-35)42(4)22-26-9-8-16-41(26)3)34-25(2)11-12-31-29(34)21-38-46(31)33-10-6-7-20-48-33/h5,11-12,21,26-27,33H,1,6-10,13-14,16-20,22-24H2,2-4H3/t26-,27-,33?/m0/s1. The molecule has 48 heavy (non-hydrogen) atoms. The summed E-state index contributed by atoms with van der Waals surface area (Å²) in [4.78, 5) is 34.4. The second kappa shape index (κ2) is 13.7. The van der Waals surface area contributed by atoms with Gasteiger partial charge in [-0.2, -0.15) is 15.3 Å². The number of likely N-dealkylation sites (N-methyl/N-ethyl adjacent to an activating group) is 2. The van der Waals surface area contributed by atoms with Gasteiger partial charge in [0.1, 0.15) is 5.82 Å². The van der Waals surface area contributed by atoms with E-state index in [4.69, 9.17) is 19.8 Å². The molecule has 4 aliphatic rings. The van der Waals surface area contributed by atoms with Crippen molar-refractivity contribution in [3.8, 4) is 6.07 Å². The van der Waals surface area contributed by atoms with Gasteiger partial charge in [-0.3, -0.25) is 4.79 Å². The van der Waals surface area contributed by atoms with E-state index >= 15 is 0 Å². The number of amides is 1. The Kier molecular flexibility index (Phi) is 9.25. The average Bonchev–Trinajstić information content (AvgIpc) is 3.73. The van der Waals surface area contributed by atoms with E-state index in [1.54, 1.807) is 4.90 Å². The third-order valence-electron chi connectivity index (χ3n) is 10.8. The summed E-state index contributed by atoms with van der Waals surface area (Å²) in [5.74, 6) is 1.54. The zero-order chi connectivity index (χ0) is 33.4. The highest BCUT2D eigenvalue weighted by molar-refractivity contribution is 5.94. The number of anilines is 3. The first-order chi connectivity index (χ1) is 23.4. The van der Waals surface area contributed by atoms with Gasteiger partial charge < -0.3 is 29.2 Å². The number of piperazine rings is 1. The van der Waals surface area contributed by atoms with E-state index < -0.39 is 0 Å². The van der Waals surface area contributed by atoms with Crippen LogP contribution in [-0.2, 0) is 22.5 Å². The number of likely N-dealkylation sites (tertiary alicyclic amines) is 1. The minimum atomic E-state index is -0.224. The van der Waals surface area contributed by atoms with Crippen molar-refractivity contribution >= 4 is 34.3 Å². The number of hydrogen-bond acceptors (Lipinski definition) is 10. The van der Waals surface area contributed by atoms with Crippen molar-refractivity contribution in [2.24, 2.45) is 0 Å². The number of carbonyl (C=O) groups excluding carboxylic acids is 1. The van der Waals surface area contributed by atoms with Crippen LogP contribution in [0.25, 0.3) is 10.9 Å². The fraction of sp³-hybridized carbons (Fsp3) is 0.583. The Bertz CT molecular complexity index is 1710. The Balaban J connectivity index is 1.24. The first-order valence-corrected chi connectivity index (χ1v) is 17.6. The highest BCUT2D eigenvalue weighted by atomic mass is 16.5. The lowest BCUT2D eigenvalue weighted by molar-refractivity contribution is -0.128. The van der Waals surface area contributed by atoms with Crippen LogP contribution in [-0.4, -0.2) is 108 Å². The highest BCUT2D eigenvalue weighted by Crippen LogP contribution is 2.38. The largest absolute Gasteiger partial charge is 0.364 e. The van der Waals surface area contributed by atoms with Gasteiger partial charge in [-0.1, -0.05) is 12.6 Å². The highest BCUT2D eigenvalue weighted by Gasteiger charge is 2.34. The molecule has 0 N–H and O–H groups in total. The van der Waals surface area contributed by atoms with Gasteiger partial charge in [0.15, 0.2) is 6.23 Å². The number of rotatable bonds is 8. The lowest BCUT2D eigenvalue weighted by Gasteiger charge is -2.42. The summed E-state index contributed by atoms with van der Waals surface area (Å²) in [5.41, 5.74) is 5.72. The van der Waals surface area contributed by atoms with Crippen LogP contribution in [0, 0.1) is 18.3 Å². The molecule has 3 saturated heterocycles. The molecule has 12 heteroatoms. The summed E-state index contributed by atoms with van der Waals surface area (Å²) in [6, 6.07) is 6.93. The molecule has 254 valence electrons. The summed E-state index contributed by atoms with van der Waals surface area (Å²) in [7, 11) is 4.30. The zero-order valence-electron chi connectivity index (χ0n) is 28.6. The molecule has 0 saturated carbocycles. The molecule has 3 atom stereocenters. The fourth-order valence-corrected chi connectivity index (χ4v) is 8.15. The summed E-state index contributed by atoms with van der Waals surface area (Å²) < 4.78 is 8.18. The average molecular weight is 653 g/mol. The molecule has 1 aromatic carbocycles. The summed E-state index contributed by atoms with van der Waals surface area (Å²) >= 11 is 0. The first-order valence-electron chi connectivity index (χ1n) is 17.6. The van der Waals surface area contributed by atoms with Gasteiger partial charge in [-0.25, -0.2) is 9.67 Å². The number of nitriles is 1. The number of aromatic nitrogens is 4. The van der Waals surface area contributed by atoms with E-state index in [2.05, 4.69) is 70.1 Å². The zero-order valence-corrected chi connectivity index (χ0v) is 28.6. The van der Waals surface area contributed by atoms with Crippen molar-refractivity contribution in [2.45, 2.75) is 76.7 Å². The number of ether oxygens (including phenoxy) is 1. The van der Waals surface area contributed by atoms with Crippen molar-refractivity contribution in [1.29, 1.82) is 5.26 Å². The Morgan fingerprint density at radius 2 is 2.00 bits per heavy atom. The van der Waals surface area contributed by atoms with Gasteiger partial charge >= 0.3 is 0 Å². The van der Waals surface area contributed by atoms with Gasteiger partial charge in [0.2, 0.25) is 11.9 Å². The molecule has 3 fully saturated rings. The van der Waals surface area contributed by atoms with Crippen LogP contribution in [0.2, 0.25) is 0 Å². The van der Waals surface area contributed by atoms with Gasteiger partial charge in [0.25, 0.3) is 0 Å². The molecule has 7 rings (SSSR count). The Hall–Kier alpha value is -4.21. The maximum absolute atomic E-state index is 12.7. The molecule has 1 amide bonds. The first kappa shape index (κ1) is 32.3. The topological polar surface area (TPSA) is 110 Å². The van der Waals surface area contributed by atoms with Crippen LogP contribution in [0.5, 0.6) is 0 Å². The van der Waals surface area contributed by atoms with E-state index in [9.17, 15) is 10.1 Å². The smallest absolute Gasteiger partial charge is 0.246 e. The van der Waals surface area contributed by atoms with Crippen LogP contribution in [0.15, 0.2) is 31.0 Å². The fourth-order valence-electron chi connectivity index (χ4n) is 8.15. The second-order valence-electron chi connectivity index (χ2n) is 13.9. The molecule has 0 bridgehead atoms. The van der Waals surface area contributed by atoms with Gasteiger partial charge in [-0.05, 0) is 76.7 Å². The van der Waals surface area contributed by atoms with Crippen molar-refractivity contribution < 1.29 is 9.53 Å². The maximum Gasteiger partial charge on any atom is 0.246 e. The van der Waals surface area contributed by atoms with E-state index in [0.717, 1.165) is 85.9 Å². The molecule has 1 unspecified atom stereocenters. The minimum Gasteiger partial charge on any atom is -0.364 e. The quantitative estimate of drug-likeness (QED) is 0.331. The third-order valence-corrected chi connectivity index (χ3v) is 10.8. The number of fused-ring (bicyclic) bond motifs is 2. The Morgan fingerprint density at radius 3 is 2.75 bits per heavy atom. The van der Waals surface area contributed by atoms with Gasteiger partial charge in [-0.15, -0.1) is 0 Å². The van der Waals surface area contributed by atoms with Crippen molar-refractivity contribution in [2.75, 3.05) is 74.7 Å². The molecule has 0 spiro atoms. The third kappa shape index (κ3) is 6.10. The van der Waals surface area contributed by atoms with Crippen LogP contribution >= 0.6 is 0 Å². The van der Waals surface area contributed by atoms with Crippen molar-refractivity contribution in [1.82, 2.24) is 29.5 Å². The van der Waals surface area contributed by atoms with Crippen LogP contribution in [0.1, 0.15) is 61.6 Å². The molecule has 4 aliphatic heterocycles. The molecule has 6 heterocycles. The predicted octanol–water partition coefficient (Wildman–Crippen LogP) is 4.04. The van der Waals surface area contributed by atoms with Crippen molar-refractivity contribution in [3.63, 3.8) is 0 Å². The molecule has 2 aromatic heterocycles. The molecule has 3 aromatic rings. The van der Waals surface area contributed by atoms with Crippen LogP contribution in [0.3, 0.4) is 0 Å². The lowest BCUT2D eigenvalue weighted by atomic mass is 10.0. The summed E-state index contributed by atoms with van der Waals surface area (Å²) in [6.45, 7) is 11.8. The minimum absolute atomic E-state index is 0.0201. The van der Waals surface area contributed by atoms with Crippen LogP contribution < -0.4 is 14.7 Å².